The molecule has 2 aromatic heterocycles. The van der Waals surface area contributed by atoms with Crippen LogP contribution in [0.25, 0.3) is 10.2 Å². The fraction of sp³-hybridized carbons (Fsp3) is 0.632. The van der Waals surface area contributed by atoms with Gasteiger partial charge < -0.3 is 9.64 Å². The summed E-state index contributed by atoms with van der Waals surface area (Å²) < 4.78 is 5.19. The van der Waals surface area contributed by atoms with Gasteiger partial charge in [0.25, 0.3) is 0 Å². The van der Waals surface area contributed by atoms with Crippen molar-refractivity contribution in [2.45, 2.75) is 44.9 Å². The highest BCUT2D eigenvalue weighted by atomic mass is 32.1. The number of methoxy groups -OCH3 is 1. The number of aryl methyl sites for hydroxylation is 2. The van der Waals surface area contributed by atoms with Gasteiger partial charge in [-0.25, -0.2) is 9.97 Å². The predicted octanol–water partition coefficient (Wildman–Crippen LogP) is 3.35. The van der Waals surface area contributed by atoms with Gasteiger partial charge in [-0.05, 0) is 50.0 Å². The molecule has 25 heavy (non-hydrogen) atoms. The number of hydrogen-bond acceptors (Lipinski definition) is 6. The number of thiophene rings is 1. The third kappa shape index (κ3) is 2.16. The molecular weight excluding hydrogens is 334 g/mol. The number of nitrogens with zero attached hydrogens (tertiary/aromatic N) is 3. The number of rotatable bonds is 2. The summed E-state index contributed by atoms with van der Waals surface area (Å²) in [5.74, 6) is 1.40. The molecule has 6 heteroatoms. The largest absolute Gasteiger partial charge is 0.469 e. The summed E-state index contributed by atoms with van der Waals surface area (Å²) >= 11 is 1.83. The molecule has 0 N–H and O–H groups in total. The number of esters is 1. The third-order valence-electron chi connectivity index (χ3n) is 6.49. The molecular formula is C19H23N3O2S. The summed E-state index contributed by atoms with van der Waals surface area (Å²) in [7, 11) is 1.52. The molecule has 2 aliphatic carbocycles. The molecule has 0 bridgehead atoms. The Hall–Kier alpha value is -1.69. The number of ether oxygens (including phenoxy) is 1. The standard InChI is InChI=1S/C19H23N3O2S/c1-24-18(23)19-8-4-5-12(19)9-22(10-19)16-15-13-6-2-3-7-14(13)25-17(15)21-11-20-16/h11-12H,2-10H2,1H3. The van der Waals surface area contributed by atoms with Crippen LogP contribution in [-0.4, -0.2) is 36.1 Å². The van der Waals surface area contributed by atoms with Crippen molar-refractivity contribution in [3.05, 3.63) is 16.8 Å². The molecule has 1 saturated carbocycles. The van der Waals surface area contributed by atoms with Gasteiger partial charge >= 0.3 is 5.97 Å². The fourth-order valence-electron chi connectivity index (χ4n) is 5.30. The Labute approximate surface area is 151 Å². The van der Waals surface area contributed by atoms with Crippen LogP contribution in [0.2, 0.25) is 0 Å². The van der Waals surface area contributed by atoms with Gasteiger partial charge in [0.05, 0.1) is 17.9 Å². The Bertz CT molecular complexity index is 849. The second-order valence-corrected chi connectivity index (χ2v) is 8.79. The number of aromatic nitrogens is 2. The van der Waals surface area contributed by atoms with Crippen molar-refractivity contribution in [2.24, 2.45) is 11.3 Å². The van der Waals surface area contributed by atoms with E-state index in [2.05, 4.69) is 14.9 Å². The van der Waals surface area contributed by atoms with E-state index in [0.29, 0.717) is 5.92 Å². The van der Waals surface area contributed by atoms with E-state index in [1.807, 2.05) is 11.3 Å². The minimum Gasteiger partial charge on any atom is -0.469 e. The zero-order valence-corrected chi connectivity index (χ0v) is 15.4. The first kappa shape index (κ1) is 15.6. The predicted molar refractivity (Wildman–Crippen MR) is 98.1 cm³/mol. The van der Waals surface area contributed by atoms with E-state index < -0.39 is 0 Å². The molecule has 5 rings (SSSR count). The monoisotopic (exact) mass is 357 g/mol. The molecule has 0 radical (unpaired) electrons. The average Bonchev–Trinajstić information content (AvgIpc) is 3.30. The minimum absolute atomic E-state index is 0.0323. The van der Waals surface area contributed by atoms with Crippen LogP contribution in [0.1, 0.15) is 42.5 Å². The summed E-state index contributed by atoms with van der Waals surface area (Å²) in [6.07, 6.45) is 9.71. The minimum atomic E-state index is -0.331. The van der Waals surface area contributed by atoms with Gasteiger partial charge in [-0.2, -0.15) is 0 Å². The third-order valence-corrected chi connectivity index (χ3v) is 7.69. The van der Waals surface area contributed by atoms with Crippen molar-refractivity contribution in [3.63, 3.8) is 0 Å². The Morgan fingerprint density at radius 1 is 1.32 bits per heavy atom. The van der Waals surface area contributed by atoms with E-state index in [4.69, 9.17) is 4.74 Å². The highest BCUT2D eigenvalue weighted by Gasteiger charge is 2.56. The summed E-state index contributed by atoms with van der Waals surface area (Å²) in [6, 6.07) is 0. The molecule has 0 spiro atoms. The second kappa shape index (κ2) is 5.66. The first-order chi connectivity index (χ1) is 12.2. The van der Waals surface area contributed by atoms with Crippen molar-refractivity contribution in [2.75, 3.05) is 25.1 Å². The lowest BCUT2D eigenvalue weighted by Crippen LogP contribution is -2.37. The zero-order chi connectivity index (χ0) is 17.0. The molecule has 3 aliphatic rings. The van der Waals surface area contributed by atoms with Gasteiger partial charge in [0.2, 0.25) is 0 Å². The lowest BCUT2D eigenvalue weighted by Gasteiger charge is -2.26. The van der Waals surface area contributed by atoms with Crippen LogP contribution in [0.15, 0.2) is 6.33 Å². The van der Waals surface area contributed by atoms with E-state index in [1.165, 1.54) is 42.2 Å². The Morgan fingerprint density at radius 2 is 2.20 bits per heavy atom. The Morgan fingerprint density at radius 3 is 3.08 bits per heavy atom. The van der Waals surface area contributed by atoms with E-state index in [1.54, 1.807) is 6.33 Å². The zero-order valence-electron chi connectivity index (χ0n) is 14.6. The van der Waals surface area contributed by atoms with Gasteiger partial charge in [0, 0.05) is 18.0 Å². The molecule has 2 atom stereocenters. The van der Waals surface area contributed by atoms with Gasteiger partial charge in [-0.3, -0.25) is 4.79 Å². The van der Waals surface area contributed by atoms with E-state index in [9.17, 15) is 4.79 Å². The lowest BCUT2D eigenvalue weighted by atomic mass is 9.81. The molecule has 0 amide bonds. The summed E-state index contributed by atoms with van der Waals surface area (Å²) in [6.45, 7) is 1.65. The highest BCUT2D eigenvalue weighted by Crippen LogP contribution is 2.51. The molecule has 5 nitrogen and oxygen atoms in total. The van der Waals surface area contributed by atoms with Crippen molar-refractivity contribution in [3.8, 4) is 0 Å². The number of fused-ring (bicyclic) bond motifs is 4. The van der Waals surface area contributed by atoms with Crippen LogP contribution in [0.5, 0.6) is 0 Å². The van der Waals surface area contributed by atoms with Crippen molar-refractivity contribution >= 4 is 33.3 Å². The Kier molecular flexibility index (Phi) is 3.52. The molecule has 2 fully saturated rings. The summed E-state index contributed by atoms with van der Waals surface area (Å²) in [5.41, 5.74) is 1.13. The maximum absolute atomic E-state index is 12.6. The van der Waals surface area contributed by atoms with E-state index in [0.717, 1.165) is 49.4 Å². The smallest absolute Gasteiger partial charge is 0.313 e. The maximum atomic E-state index is 12.6. The average molecular weight is 357 g/mol. The highest BCUT2D eigenvalue weighted by molar-refractivity contribution is 7.19. The van der Waals surface area contributed by atoms with Gasteiger partial charge in [-0.1, -0.05) is 6.42 Å². The van der Waals surface area contributed by atoms with Crippen LogP contribution in [0.4, 0.5) is 5.82 Å². The number of carbonyl (C=O) groups is 1. The normalized spacial score (nSPS) is 28.2. The summed E-state index contributed by atoms with van der Waals surface area (Å²) in [4.78, 5) is 26.7. The molecule has 0 aromatic carbocycles. The fourth-order valence-corrected chi connectivity index (χ4v) is 6.52. The van der Waals surface area contributed by atoms with Gasteiger partial charge in [-0.15, -0.1) is 11.3 Å². The number of hydrogen-bond donors (Lipinski definition) is 0. The van der Waals surface area contributed by atoms with E-state index >= 15 is 0 Å². The Balaban J connectivity index is 1.59. The summed E-state index contributed by atoms with van der Waals surface area (Å²) in [5, 5.41) is 1.25. The maximum Gasteiger partial charge on any atom is 0.313 e. The lowest BCUT2D eigenvalue weighted by molar-refractivity contribution is -0.152. The van der Waals surface area contributed by atoms with Crippen molar-refractivity contribution in [1.29, 1.82) is 0 Å². The molecule has 3 heterocycles. The number of carbonyl (C=O) groups excluding carboxylic acids is 1. The molecule has 2 unspecified atom stereocenters. The van der Waals surface area contributed by atoms with Crippen LogP contribution in [-0.2, 0) is 22.4 Å². The molecule has 1 saturated heterocycles. The van der Waals surface area contributed by atoms with Crippen LogP contribution < -0.4 is 4.90 Å². The SMILES string of the molecule is COC(=O)C12CCCC1CN(c1ncnc3sc4c(c13)CCCC4)C2. The molecule has 1 aliphatic heterocycles. The van der Waals surface area contributed by atoms with Crippen molar-refractivity contribution in [1.82, 2.24) is 9.97 Å². The topological polar surface area (TPSA) is 55.3 Å². The number of anilines is 1. The molecule has 132 valence electrons. The van der Waals surface area contributed by atoms with Crippen LogP contribution >= 0.6 is 11.3 Å². The van der Waals surface area contributed by atoms with Gasteiger partial charge in [0.1, 0.15) is 17.0 Å². The first-order valence-corrected chi connectivity index (χ1v) is 10.1. The van der Waals surface area contributed by atoms with Gasteiger partial charge in [0.15, 0.2) is 0 Å². The quantitative estimate of drug-likeness (QED) is 0.772. The van der Waals surface area contributed by atoms with Crippen molar-refractivity contribution < 1.29 is 9.53 Å². The van der Waals surface area contributed by atoms with Crippen LogP contribution in [0, 0.1) is 11.3 Å². The van der Waals surface area contributed by atoms with E-state index in [-0.39, 0.29) is 11.4 Å². The first-order valence-electron chi connectivity index (χ1n) is 9.31. The second-order valence-electron chi connectivity index (χ2n) is 7.71. The molecule has 2 aromatic rings. The van der Waals surface area contributed by atoms with Crippen LogP contribution in [0.3, 0.4) is 0 Å².